The molecule has 2 aromatic rings. The zero-order chi connectivity index (χ0) is 24.7. The van der Waals surface area contributed by atoms with Crippen LogP contribution in [0.5, 0.6) is 5.75 Å². The third kappa shape index (κ3) is 6.55. The van der Waals surface area contributed by atoms with Crippen molar-refractivity contribution in [1.82, 2.24) is 9.62 Å². The van der Waals surface area contributed by atoms with Crippen LogP contribution in [0, 0.1) is 0 Å². The van der Waals surface area contributed by atoms with Gasteiger partial charge in [-0.3, -0.25) is 9.59 Å². The van der Waals surface area contributed by atoms with Gasteiger partial charge in [0.1, 0.15) is 16.7 Å². The van der Waals surface area contributed by atoms with Crippen molar-refractivity contribution in [2.45, 2.75) is 43.7 Å². The first kappa shape index (κ1) is 25.7. The molecule has 1 saturated heterocycles. The van der Waals surface area contributed by atoms with Crippen molar-refractivity contribution < 1.29 is 27.5 Å². The van der Waals surface area contributed by atoms with Crippen molar-refractivity contribution in [3.8, 4) is 5.75 Å². The lowest BCUT2D eigenvalue weighted by molar-refractivity contribution is -0.140. The number of benzene rings is 2. The first-order valence-electron chi connectivity index (χ1n) is 11.2. The number of carbonyl (C=O) groups excluding carboxylic acids is 2. The van der Waals surface area contributed by atoms with Crippen LogP contribution in [0.1, 0.15) is 25.8 Å². The van der Waals surface area contributed by atoms with Crippen molar-refractivity contribution in [2.24, 2.45) is 0 Å². The monoisotopic (exact) mass is 489 g/mol. The molecule has 1 fully saturated rings. The quantitative estimate of drug-likeness (QED) is 0.558. The zero-order valence-electron chi connectivity index (χ0n) is 19.6. The van der Waals surface area contributed by atoms with Crippen LogP contribution in [-0.2, 0) is 30.8 Å². The summed E-state index contributed by atoms with van der Waals surface area (Å²) in [6.45, 7) is 4.52. The second-order valence-electron chi connectivity index (χ2n) is 8.10. The van der Waals surface area contributed by atoms with E-state index in [4.69, 9.17) is 9.47 Å². The Kier molecular flexibility index (Phi) is 8.65. The maximum atomic E-state index is 13.5. The molecule has 0 radical (unpaired) electrons. The number of anilines is 1. The Labute approximate surface area is 200 Å². The molecule has 1 aliphatic heterocycles. The zero-order valence-corrected chi connectivity index (χ0v) is 20.4. The van der Waals surface area contributed by atoms with Gasteiger partial charge in [-0.2, -0.15) is 4.72 Å². The Hall–Kier alpha value is -2.95. The Bertz CT molecular complexity index is 1110. The topological polar surface area (TPSA) is 114 Å². The number of amides is 2. The van der Waals surface area contributed by atoms with Gasteiger partial charge in [-0.05, 0) is 36.6 Å². The molecular formula is C24H31N3O6S. The van der Waals surface area contributed by atoms with Crippen LogP contribution in [0.25, 0.3) is 0 Å². The summed E-state index contributed by atoms with van der Waals surface area (Å²) in [7, 11) is -2.83. The van der Waals surface area contributed by atoms with E-state index in [1.807, 2.05) is 37.3 Å². The average molecular weight is 490 g/mol. The molecule has 34 heavy (non-hydrogen) atoms. The number of carbonyl (C=O) groups is 2. The lowest BCUT2D eigenvalue weighted by Crippen LogP contribution is -2.54. The smallest absolute Gasteiger partial charge is 0.245 e. The normalized spacial score (nSPS) is 17.1. The second kappa shape index (κ2) is 11.5. The van der Waals surface area contributed by atoms with Gasteiger partial charge in [0.05, 0.1) is 19.8 Å². The number of morpholine rings is 1. The summed E-state index contributed by atoms with van der Waals surface area (Å²) in [5.41, 5.74) is 1.13. The maximum Gasteiger partial charge on any atom is 0.245 e. The fourth-order valence-electron chi connectivity index (χ4n) is 3.83. The largest absolute Gasteiger partial charge is 0.495 e. The number of hydrogen-bond acceptors (Lipinski definition) is 6. The van der Waals surface area contributed by atoms with Gasteiger partial charge in [0.15, 0.2) is 0 Å². The lowest BCUT2D eigenvalue weighted by Gasteiger charge is -2.35. The molecular weight excluding hydrogens is 458 g/mol. The van der Waals surface area contributed by atoms with Crippen LogP contribution in [0.4, 0.5) is 5.69 Å². The number of rotatable bonds is 9. The number of nitrogens with zero attached hydrogens (tertiary/aromatic N) is 1. The van der Waals surface area contributed by atoms with E-state index < -0.39 is 16.1 Å². The van der Waals surface area contributed by atoms with Crippen LogP contribution >= 0.6 is 0 Å². The lowest BCUT2D eigenvalue weighted by atomic mass is 10.0. The highest BCUT2D eigenvalue weighted by atomic mass is 32.2. The third-order valence-corrected chi connectivity index (χ3v) is 7.05. The molecule has 2 atom stereocenters. The Morgan fingerprint density at radius 1 is 1.21 bits per heavy atom. The molecule has 2 amide bonds. The van der Waals surface area contributed by atoms with Crippen LogP contribution < -0.4 is 14.8 Å². The molecule has 0 aromatic heterocycles. The molecule has 0 saturated carbocycles. The summed E-state index contributed by atoms with van der Waals surface area (Å²) in [6, 6.07) is 12.5. The Morgan fingerprint density at radius 2 is 1.94 bits per heavy atom. The fraction of sp³-hybridized carbons (Fsp3) is 0.417. The third-order valence-electron chi connectivity index (χ3n) is 5.56. The Morgan fingerprint density at radius 3 is 2.59 bits per heavy atom. The SMILES string of the molecule is CCC1CN(C(=O)C(Cc2ccccc2)NS(=O)(=O)c2cc(NC(C)=O)ccc2OC)CCO1. The van der Waals surface area contributed by atoms with Crippen LogP contribution in [0.3, 0.4) is 0 Å². The van der Waals surface area contributed by atoms with E-state index in [0.29, 0.717) is 25.4 Å². The van der Waals surface area contributed by atoms with Gasteiger partial charge in [-0.15, -0.1) is 0 Å². The van der Waals surface area contributed by atoms with Crippen LogP contribution in [-0.4, -0.2) is 64.1 Å². The van der Waals surface area contributed by atoms with Gasteiger partial charge in [0.25, 0.3) is 0 Å². The molecule has 0 aliphatic carbocycles. The summed E-state index contributed by atoms with van der Waals surface area (Å²) in [5.74, 6) is -0.549. The van der Waals surface area contributed by atoms with E-state index in [1.54, 1.807) is 11.0 Å². The Balaban J connectivity index is 1.93. The minimum Gasteiger partial charge on any atom is -0.495 e. The van der Waals surface area contributed by atoms with Crippen molar-refractivity contribution in [3.63, 3.8) is 0 Å². The van der Waals surface area contributed by atoms with Crippen LogP contribution in [0.15, 0.2) is 53.4 Å². The highest BCUT2D eigenvalue weighted by molar-refractivity contribution is 7.89. The van der Waals surface area contributed by atoms with E-state index in [9.17, 15) is 18.0 Å². The molecule has 2 unspecified atom stereocenters. The van der Waals surface area contributed by atoms with Gasteiger partial charge < -0.3 is 19.7 Å². The van der Waals surface area contributed by atoms with Crippen molar-refractivity contribution in [3.05, 3.63) is 54.1 Å². The van der Waals surface area contributed by atoms with Crippen molar-refractivity contribution >= 4 is 27.5 Å². The average Bonchev–Trinajstić information content (AvgIpc) is 2.83. The molecule has 10 heteroatoms. The molecule has 9 nitrogen and oxygen atoms in total. The van der Waals surface area contributed by atoms with E-state index in [2.05, 4.69) is 10.0 Å². The first-order valence-corrected chi connectivity index (χ1v) is 12.6. The van der Waals surface area contributed by atoms with E-state index in [0.717, 1.165) is 12.0 Å². The number of nitrogens with one attached hydrogen (secondary N) is 2. The molecule has 1 aliphatic rings. The molecule has 1 heterocycles. The van der Waals surface area contributed by atoms with E-state index in [1.165, 1.54) is 26.2 Å². The van der Waals surface area contributed by atoms with Crippen molar-refractivity contribution in [2.75, 3.05) is 32.1 Å². The predicted molar refractivity (Wildman–Crippen MR) is 128 cm³/mol. The highest BCUT2D eigenvalue weighted by Gasteiger charge is 2.33. The van der Waals surface area contributed by atoms with Gasteiger partial charge in [-0.1, -0.05) is 37.3 Å². The summed E-state index contributed by atoms with van der Waals surface area (Å²) < 4.78 is 40.4. The number of methoxy groups -OCH3 is 1. The standard InChI is InChI=1S/C24H31N3O6S/c1-4-20-16-27(12-13-33-20)24(29)21(14-18-8-6-5-7-9-18)26-34(30,31)23-15-19(25-17(2)28)10-11-22(23)32-3/h5-11,15,20-21,26H,4,12-14,16H2,1-3H3,(H,25,28). The summed E-state index contributed by atoms with van der Waals surface area (Å²) >= 11 is 0. The highest BCUT2D eigenvalue weighted by Crippen LogP contribution is 2.28. The van der Waals surface area contributed by atoms with Gasteiger partial charge in [0.2, 0.25) is 21.8 Å². The summed E-state index contributed by atoms with van der Waals surface area (Å²) in [6.07, 6.45) is 0.855. The predicted octanol–water partition coefficient (Wildman–Crippen LogP) is 2.18. The van der Waals surface area contributed by atoms with E-state index >= 15 is 0 Å². The van der Waals surface area contributed by atoms with Crippen LogP contribution in [0.2, 0.25) is 0 Å². The molecule has 0 bridgehead atoms. The van der Waals surface area contributed by atoms with Gasteiger partial charge in [0, 0.05) is 25.7 Å². The molecule has 2 aromatic carbocycles. The minimum atomic E-state index is -4.19. The molecule has 2 N–H and O–H groups in total. The van der Waals surface area contributed by atoms with E-state index in [-0.39, 0.29) is 35.0 Å². The summed E-state index contributed by atoms with van der Waals surface area (Å²) in [5, 5.41) is 2.57. The second-order valence-corrected chi connectivity index (χ2v) is 9.78. The molecule has 184 valence electrons. The summed E-state index contributed by atoms with van der Waals surface area (Å²) in [4.78, 5) is 26.4. The first-order chi connectivity index (χ1) is 16.2. The minimum absolute atomic E-state index is 0.0823. The number of sulfonamides is 1. The number of ether oxygens (including phenoxy) is 2. The fourth-order valence-corrected chi connectivity index (χ4v) is 5.22. The maximum absolute atomic E-state index is 13.5. The van der Waals surface area contributed by atoms with Gasteiger partial charge >= 0.3 is 0 Å². The van der Waals surface area contributed by atoms with Crippen molar-refractivity contribution in [1.29, 1.82) is 0 Å². The number of hydrogen-bond donors (Lipinski definition) is 2. The van der Waals surface area contributed by atoms with Gasteiger partial charge in [-0.25, -0.2) is 8.42 Å². The molecule has 0 spiro atoms. The molecule has 3 rings (SSSR count).